The molecule has 8 nitrogen and oxygen atoms in total. The van der Waals surface area contributed by atoms with Gasteiger partial charge in [-0.1, -0.05) is 0 Å². The maximum Gasteiger partial charge on any atom is 0.417 e. The Morgan fingerprint density at radius 1 is 1.28 bits per heavy atom. The molecule has 0 amide bonds. The smallest absolute Gasteiger partial charge is 0.389 e. The molecule has 0 spiro atoms. The van der Waals surface area contributed by atoms with Crippen molar-refractivity contribution in [3.8, 4) is 0 Å². The van der Waals surface area contributed by atoms with Gasteiger partial charge in [0, 0.05) is 24.7 Å². The van der Waals surface area contributed by atoms with Crippen molar-refractivity contribution < 1.29 is 23.4 Å². The number of imidazole rings is 1. The third-order valence-corrected chi connectivity index (χ3v) is 5.93. The van der Waals surface area contributed by atoms with Crippen LogP contribution in [0.3, 0.4) is 0 Å². The Labute approximate surface area is 171 Å². The van der Waals surface area contributed by atoms with Crippen molar-refractivity contribution in [3.63, 3.8) is 0 Å². The van der Waals surface area contributed by atoms with Crippen LogP contribution in [0.1, 0.15) is 16.5 Å². The number of rotatable bonds is 4. The second-order valence-corrected chi connectivity index (χ2v) is 7.87. The average Bonchev–Trinajstić information content (AvgIpc) is 3.23. The van der Waals surface area contributed by atoms with Gasteiger partial charge in [-0.25, -0.2) is 4.98 Å². The molecule has 4 heterocycles. The third-order valence-electron chi connectivity index (χ3n) is 4.37. The molecule has 3 N–H and O–H groups in total. The Balaban J connectivity index is 1.62. The Morgan fingerprint density at radius 3 is 2.76 bits per heavy atom. The maximum absolute atomic E-state index is 12.9. The first kappa shape index (κ1) is 20.1. The lowest BCUT2D eigenvalue weighted by Gasteiger charge is -2.17. The number of alkyl halides is 3. The number of nitrogens with zero attached hydrogens (tertiary/aromatic N) is 5. The van der Waals surface area contributed by atoms with Crippen LogP contribution < -0.4 is 5.32 Å². The number of anilines is 1. The predicted molar refractivity (Wildman–Crippen MR) is 100 cm³/mol. The molecule has 0 aromatic carbocycles. The maximum atomic E-state index is 12.9. The van der Waals surface area contributed by atoms with E-state index in [1.165, 1.54) is 24.3 Å². The number of hydrogen-bond acceptors (Lipinski definition) is 8. The molecule has 1 saturated heterocycles. The van der Waals surface area contributed by atoms with Gasteiger partial charge in [0.25, 0.3) is 0 Å². The van der Waals surface area contributed by atoms with Crippen LogP contribution in [-0.2, 0) is 12.7 Å². The first-order chi connectivity index (χ1) is 13.7. The average molecular weight is 447 g/mol. The summed E-state index contributed by atoms with van der Waals surface area (Å²) in [6.45, 7) is 0.00569. The number of nitrogens with one attached hydrogen (secondary N) is 1. The molecular weight excluding hydrogens is 433 g/mol. The second-order valence-electron chi connectivity index (χ2n) is 6.38. The van der Waals surface area contributed by atoms with Crippen molar-refractivity contribution in [1.29, 1.82) is 0 Å². The summed E-state index contributed by atoms with van der Waals surface area (Å²) in [6, 6.07) is 0.992. The van der Waals surface area contributed by atoms with E-state index in [9.17, 15) is 23.4 Å². The highest BCUT2D eigenvalue weighted by molar-refractivity contribution is 7.99. The standard InChI is InChI=1S/C16H14ClF3N6O2S/c17-15-24-12(22-3-7-1-8(4-21-2-7)16(18,19)20)10-13(25-15)26(6-23-10)14-11(28)9(27)5-29-14/h1-2,4,6,9,11,14,27-28H,3,5H2,(H,22,24,25)/t9?,11?,14-/m1/s1. The molecule has 154 valence electrons. The molecule has 0 saturated carbocycles. The number of aliphatic hydroxyl groups excluding tert-OH is 2. The molecule has 1 fully saturated rings. The molecule has 3 aromatic heterocycles. The fraction of sp³-hybridized carbons (Fsp3) is 0.375. The molecule has 0 radical (unpaired) electrons. The molecule has 1 aliphatic heterocycles. The van der Waals surface area contributed by atoms with E-state index in [1.54, 1.807) is 4.57 Å². The summed E-state index contributed by atoms with van der Waals surface area (Å²) in [7, 11) is 0. The van der Waals surface area contributed by atoms with Gasteiger partial charge in [-0.15, -0.1) is 11.8 Å². The molecule has 2 unspecified atom stereocenters. The number of pyridine rings is 1. The molecule has 0 bridgehead atoms. The lowest BCUT2D eigenvalue weighted by atomic mass is 10.2. The summed E-state index contributed by atoms with van der Waals surface area (Å²) in [6.07, 6.45) is -2.84. The summed E-state index contributed by atoms with van der Waals surface area (Å²) >= 11 is 7.35. The third kappa shape index (κ3) is 3.97. The quantitative estimate of drug-likeness (QED) is 0.524. The SMILES string of the molecule is OC1CS[C@@H](n2cnc3c(NCc4cncc(C(F)(F)F)c4)nc(Cl)nc32)C1O. The van der Waals surface area contributed by atoms with E-state index in [0.717, 1.165) is 12.3 Å². The highest BCUT2D eigenvalue weighted by Crippen LogP contribution is 2.38. The van der Waals surface area contributed by atoms with Crippen LogP contribution in [0.4, 0.5) is 19.0 Å². The minimum atomic E-state index is -4.49. The topological polar surface area (TPSA) is 109 Å². The van der Waals surface area contributed by atoms with Gasteiger partial charge in [0.2, 0.25) is 5.28 Å². The largest absolute Gasteiger partial charge is 0.417 e. The van der Waals surface area contributed by atoms with Crippen LogP contribution in [0.15, 0.2) is 24.8 Å². The zero-order valence-corrected chi connectivity index (χ0v) is 16.1. The molecule has 13 heteroatoms. The monoisotopic (exact) mass is 446 g/mol. The Bertz CT molecular complexity index is 1050. The van der Waals surface area contributed by atoms with Crippen molar-refractivity contribution in [1.82, 2.24) is 24.5 Å². The van der Waals surface area contributed by atoms with Crippen molar-refractivity contribution in [2.24, 2.45) is 0 Å². The van der Waals surface area contributed by atoms with Crippen LogP contribution in [0.25, 0.3) is 11.2 Å². The van der Waals surface area contributed by atoms with E-state index in [-0.39, 0.29) is 17.6 Å². The molecule has 0 aliphatic carbocycles. The van der Waals surface area contributed by atoms with Crippen LogP contribution in [0, 0.1) is 0 Å². The van der Waals surface area contributed by atoms with Crippen molar-refractivity contribution in [2.75, 3.05) is 11.1 Å². The minimum absolute atomic E-state index is 0.00569. The van der Waals surface area contributed by atoms with Crippen LogP contribution in [0.5, 0.6) is 0 Å². The number of halogens is 4. The number of hydrogen-bond donors (Lipinski definition) is 3. The number of aliphatic hydroxyl groups is 2. The van der Waals surface area contributed by atoms with Crippen LogP contribution >= 0.6 is 23.4 Å². The fourth-order valence-corrected chi connectivity index (χ4v) is 4.40. The van der Waals surface area contributed by atoms with Crippen LogP contribution in [-0.4, -0.2) is 52.7 Å². The highest BCUT2D eigenvalue weighted by Gasteiger charge is 2.36. The molecular formula is C16H14ClF3N6O2S. The van der Waals surface area contributed by atoms with Gasteiger partial charge < -0.3 is 15.5 Å². The van der Waals surface area contributed by atoms with Crippen molar-refractivity contribution in [2.45, 2.75) is 30.3 Å². The van der Waals surface area contributed by atoms with Crippen molar-refractivity contribution >= 4 is 40.3 Å². The van der Waals surface area contributed by atoms with Crippen molar-refractivity contribution in [3.05, 3.63) is 41.2 Å². The first-order valence-corrected chi connectivity index (χ1v) is 9.79. The molecule has 1 aliphatic rings. The molecule has 29 heavy (non-hydrogen) atoms. The number of fused-ring (bicyclic) bond motifs is 1. The van der Waals surface area contributed by atoms with Gasteiger partial charge in [-0.2, -0.15) is 23.1 Å². The number of thioether (sulfide) groups is 1. The fourth-order valence-electron chi connectivity index (χ4n) is 2.95. The zero-order valence-electron chi connectivity index (χ0n) is 14.5. The summed E-state index contributed by atoms with van der Waals surface area (Å²) in [4.78, 5) is 16.1. The van der Waals surface area contributed by atoms with E-state index < -0.39 is 29.3 Å². The second kappa shape index (κ2) is 7.59. The molecule has 4 rings (SSSR count). The van der Waals surface area contributed by atoms with Crippen LogP contribution in [0.2, 0.25) is 5.28 Å². The van der Waals surface area contributed by atoms with Gasteiger partial charge in [0.1, 0.15) is 11.5 Å². The summed E-state index contributed by atoms with van der Waals surface area (Å²) in [5, 5.41) is 22.3. The molecule has 3 atom stereocenters. The van der Waals surface area contributed by atoms with E-state index in [4.69, 9.17) is 11.6 Å². The van der Waals surface area contributed by atoms with Gasteiger partial charge in [0.15, 0.2) is 17.0 Å². The normalized spacial score (nSPS) is 22.3. The van der Waals surface area contributed by atoms with Gasteiger partial charge in [-0.3, -0.25) is 9.55 Å². The van der Waals surface area contributed by atoms with E-state index >= 15 is 0 Å². The summed E-state index contributed by atoms with van der Waals surface area (Å²) in [5.74, 6) is 0.590. The van der Waals surface area contributed by atoms with E-state index in [1.807, 2.05) is 0 Å². The Morgan fingerprint density at radius 2 is 2.07 bits per heavy atom. The first-order valence-electron chi connectivity index (χ1n) is 8.37. The van der Waals surface area contributed by atoms with E-state index in [2.05, 4.69) is 25.3 Å². The highest BCUT2D eigenvalue weighted by atomic mass is 35.5. The van der Waals surface area contributed by atoms with Gasteiger partial charge in [0.05, 0.1) is 18.0 Å². The van der Waals surface area contributed by atoms with Gasteiger partial charge in [-0.05, 0) is 23.2 Å². The Hall–Kier alpha value is -2.15. The summed E-state index contributed by atoms with van der Waals surface area (Å²) in [5.41, 5.74) is 0.119. The number of aromatic nitrogens is 5. The Kier molecular flexibility index (Phi) is 5.27. The molecule has 3 aromatic rings. The lowest BCUT2D eigenvalue weighted by Crippen LogP contribution is -2.27. The predicted octanol–water partition coefficient (Wildman–Crippen LogP) is 2.47. The summed E-state index contributed by atoms with van der Waals surface area (Å²) < 4.78 is 40.1. The van der Waals surface area contributed by atoms with Gasteiger partial charge >= 0.3 is 6.18 Å². The lowest BCUT2D eigenvalue weighted by molar-refractivity contribution is -0.137. The minimum Gasteiger partial charge on any atom is -0.389 e. The van der Waals surface area contributed by atoms with E-state index in [0.29, 0.717) is 22.5 Å². The zero-order chi connectivity index (χ0) is 20.8.